The molecule has 2 aliphatic carbocycles. The lowest BCUT2D eigenvalue weighted by Crippen LogP contribution is -2.54. The van der Waals surface area contributed by atoms with Crippen LogP contribution in [0.25, 0.3) is 0 Å². The summed E-state index contributed by atoms with van der Waals surface area (Å²) in [6.45, 7) is 0. The maximum absolute atomic E-state index is 12.9. The van der Waals surface area contributed by atoms with Gasteiger partial charge in [-0.05, 0) is 43.5 Å². The molecule has 29 heavy (non-hydrogen) atoms. The maximum atomic E-state index is 12.9. The molecule has 1 heterocycles. The van der Waals surface area contributed by atoms with Gasteiger partial charge in [0.1, 0.15) is 6.10 Å². The van der Waals surface area contributed by atoms with E-state index in [0.29, 0.717) is 5.17 Å². The van der Waals surface area contributed by atoms with Crippen LogP contribution in [0.4, 0.5) is 11.4 Å². The number of amidine groups is 1. The summed E-state index contributed by atoms with van der Waals surface area (Å²) in [7, 11) is 3.99. The van der Waals surface area contributed by atoms with Gasteiger partial charge in [-0.2, -0.15) is 0 Å². The Balaban J connectivity index is 1.45. The predicted molar refractivity (Wildman–Crippen MR) is 118 cm³/mol. The number of thioether (sulfide) groups is 1. The number of aliphatic imine (C=N–C) groups is 1. The number of nitrogens with zero attached hydrogens (tertiary/aromatic N) is 2. The number of carbonyl (C=O) groups excluding carboxylic acids is 1. The molecule has 0 aromatic heterocycles. The fraction of sp³-hybridized carbons (Fsp3) is 0.619. The van der Waals surface area contributed by atoms with Crippen LogP contribution in [0.5, 0.6) is 0 Å². The smallest absolute Gasteiger partial charge is 0.224 e. The molecular weight excluding hydrogens is 388 g/mol. The van der Waals surface area contributed by atoms with Gasteiger partial charge in [0.25, 0.3) is 0 Å². The van der Waals surface area contributed by atoms with Crippen LogP contribution >= 0.6 is 11.8 Å². The SMILES string of the molecule is CN(C)c1ccc(NC2=N[C@@H]3[C@@H](O)[C@H](O)C[C@H](C(=O)NC4CCCC4)[C@H]3S2)cc1. The van der Waals surface area contributed by atoms with Crippen molar-refractivity contribution >= 4 is 34.2 Å². The molecule has 4 N–H and O–H groups in total. The molecule has 3 aliphatic rings. The molecule has 0 spiro atoms. The third kappa shape index (κ3) is 4.39. The van der Waals surface area contributed by atoms with Crippen LogP contribution in [0.3, 0.4) is 0 Å². The Morgan fingerprint density at radius 1 is 1.17 bits per heavy atom. The van der Waals surface area contributed by atoms with Crippen molar-refractivity contribution in [1.29, 1.82) is 0 Å². The van der Waals surface area contributed by atoms with Crippen molar-refractivity contribution in [2.75, 3.05) is 24.3 Å². The van der Waals surface area contributed by atoms with Crippen LogP contribution in [0, 0.1) is 5.92 Å². The monoisotopic (exact) mass is 418 g/mol. The lowest BCUT2D eigenvalue weighted by atomic mass is 9.81. The van der Waals surface area contributed by atoms with Crippen molar-refractivity contribution < 1.29 is 15.0 Å². The van der Waals surface area contributed by atoms with Crippen LogP contribution in [-0.2, 0) is 4.79 Å². The van der Waals surface area contributed by atoms with E-state index in [1.807, 2.05) is 43.3 Å². The summed E-state index contributed by atoms with van der Waals surface area (Å²) in [5, 5.41) is 27.8. The number of carbonyl (C=O) groups is 1. The molecule has 2 fully saturated rings. The topological polar surface area (TPSA) is 97.2 Å². The zero-order chi connectivity index (χ0) is 20.5. The largest absolute Gasteiger partial charge is 0.390 e. The summed E-state index contributed by atoms with van der Waals surface area (Å²) in [5.74, 6) is -0.375. The Hall–Kier alpha value is -1.77. The molecule has 0 saturated heterocycles. The molecule has 7 nitrogen and oxygen atoms in total. The number of rotatable bonds is 4. The first-order valence-corrected chi connectivity index (χ1v) is 11.3. The highest BCUT2D eigenvalue weighted by atomic mass is 32.2. The summed E-state index contributed by atoms with van der Waals surface area (Å²) in [6.07, 6.45) is 2.75. The second kappa shape index (κ2) is 8.53. The van der Waals surface area contributed by atoms with E-state index in [-0.39, 0.29) is 29.5 Å². The molecule has 0 bridgehead atoms. The van der Waals surface area contributed by atoms with E-state index in [0.717, 1.165) is 37.1 Å². The first-order chi connectivity index (χ1) is 13.9. The van der Waals surface area contributed by atoms with Gasteiger partial charge in [0.15, 0.2) is 5.17 Å². The third-order valence-corrected chi connectivity index (χ3v) is 7.47. The van der Waals surface area contributed by atoms with Crippen molar-refractivity contribution in [3.05, 3.63) is 24.3 Å². The molecule has 1 aromatic carbocycles. The Labute approximate surface area is 176 Å². The van der Waals surface area contributed by atoms with Gasteiger partial charge in [-0.3, -0.25) is 9.79 Å². The van der Waals surface area contributed by atoms with Crippen molar-refractivity contribution in [1.82, 2.24) is 5.32 Å². The molecule has 5 atom stereocenters. The first kappa shape index (κ1) is 20.5. The summed E-state index contributed by atoms with van der Waals surface area (Å²) in [4.78, 5) is 19.6. The van der Waals surface area contributed by atoms with Gasteiger partial charge in [0, 0.05) is 36.8 Å². The number of nitrogens with one attached hydrogen (secondary N) is 2. The van der Waals surface area contributed by atoms with Crippen LogP contribution in [0.2, 0.25) is 0 Å². The minimum atomic E-state index is -0.946. The number of anilines is 2. The van der Waals surface area contributed by atoms with Gasteiger partial charge < -0.3 is 25.7 Å². The third-order valence-electron chi connectivity index (χ3n) is 6.16. The number of aliphatic hydroxyl groups excluding tert-OH is 2. The van der Waals surface area contributed by atoms with Gasteiger partial charge in [-0.25, -0.2) is 0 Å². The minimum absolute atomic E-state index is 0.0165. The van der Waals surface area contributed by atoms with E-state index in [2.05, 4.69) is 15.6 Å². The lowest BCUT2D eigenvalue weighted by Gasteiger charge is -2.37. The molecule has 1 aromatic rings. The molecule has 0 radical (unpaired) electrons. The molecule has 4 rings (SSSR count). The highest BCUT2D eigenvalue weighted by molar-refractivity contribution is 8.15. The van der Waals surface area contributed by atoms with Crippen LogP contribution < -0.4 is 15.5 Å². The zero-order valence-corrected chi connectivity index (χ0v) is 17.7. The summed E-state index contributed by atoms with van der Waals surface area (Å²) >= 11 is 1.50. The summed E-state index contributed by atoms with van der Waals surface area (Å²) in [5.41, 5.74) is 2.01. The van der Waals surface area contributed by atoms with E-state index >= 15 is 0 Å². The van der Waals surface area contributed by atoms with E-state index in [9.17, 15) is 15.0 Å². The average Bonchev–Trinajstić information content (AvgIpc) is 3.35. The number of hydrogen-bond donors (Lipinski definition) is 4. The Morgan fingerprint density at radius 3 is 2.52 bits per heavy atom. The molecular formula is C21H30N4O3S. The average molecular weight is 419 g/mol. The molecule has 2 saturated carbocycles. The molecule has 158 valence electrons. The predicted octanol–water partition coefficient (Wildman–Crippen LogP) is 1.80. The fourth-order valence-corrected chi connectivity index (χ4v) is 5.83. The number of benzene rings is 1. The Kier molecular flexibility index (Phi) is 6.03. The Morgan fingerprint density at radius 2 is 1.86 bits per heavy atom. The molecule has 1 aliphatic heterocycles. The summed E-state index contributed by atoms with van der Waals surface area (Å²) < 4.78 is 0. The standard InChI is InChI=1S/C21H30N4O3S/c1-25(2)14-9-7-13(8-10-14)23-21-24-17-18(27)16(26)11-15(19(17)29-21)20(28)22-12-5-3-4-6-12/h7-10,12,15-19,26-27H,3-6,11H2,1-2H3,(H,22,28)(H,23,24)/t15-,16+,17+,18-,19+/m0/s1. The van der Waals surface area contributed by atoms with Crippen molar-refractivity contribution in [2.24, 2.45) is 10.9 Å². The normalized spacial score (nSPS) is 31.9. The van der Waals surface area contributed by atoms with Gasteiger partial charge in [-0.1, -0.05) is 24.6 Å². The van der Waals surface area contributed by atoms with Crippen LogP contribution in [0.15, 0.2) is 29.3 Å². The van der Waals surface area contributed by atoms with E-state index in [4.69, 9.17) is 0 Å². The van der Waals surface area contributed by atoms with E-state index in [1.165, 1.54) is 11.8 Å². The zero-order valence-electron chi connectivity index (χ0n) is 16.9. The number of amides is 1. The number of aliphatic hydroxyl groups is 2. The number of hydrogen-bond acceptors (Lipinski definition) is 7. The second-order valence-electron chi connectivity index (χ2n) is 8.46. The van der Waals surface area contributed by atoms with Gasteiger partial charge in [-0.15, -0.1) is 0 Å². The van der Waals surface area contributed by atoms with Crippen molar-refractivity contribution in [3.8, 4) is 0 Å². The van der Waals surface area contributed by atoms with Crippen LogP contribution in [-0.4, -0.2) is 64.9 Å². The van der Waals surface area contributed by atoms with E-state index < -0.39 is 18.2 Å². The second-order valence-corrected chi connectivity index (χ2v) is 9.63. The van der Waals surface area contributed by atoms with Gasteiger partial charge in [0.05, 0.1) is 18.1 Å². The highest BCUT2D eigenvalue weighted by Crippen LogP contribution is 2.41. The lowest BCUT2D eigenvalue weighted by molar-refractivity contribution is -0.130. The molecule has 8 heteroatoms. The number of fused-ring (bicyclic) bond motifs is 1. The Bertz CT molecular complexity index is 764. The van der Waals surface area contributed by atoms with Gasteiger partial charge in [0.2, 0.25) is 5.91 Å². The minimum Gasteiger partial charge on any atom is -0.390 e. The van der Waals surface area contributed by atoms with Crippen molar-refractivity contribution in [2.45, 2.75) is 61.6 Å². The van der Waals surface area contributed by atoms with Crippen molar-refractivity contribution in [3.63, 3.8) is 0 Å². The molecule has 0 unspecified atom stereocenters. The quantitative estimate of drug-likeness (QED) is 0.595. The van der Waals surface area contributed by atoms with Crippen LogP contribution in [0.1, 0.15) is 32.1 Å². The summed E-state index contributed by atoms with van der Waals surface area (Å²) in [6, 6.07) is 7.76. The first-order valence-electron chi connectivity index (χ1n) is 10.4. The van der Waals surface area contributed by atoms with Gasteiger partial charge >= 0.3 is 0 Å². The maximum Gasteiger partial charge on any atom is 0.224 e. The van der Waals surface area contributed by atoms with E-state index in [1.54, 1.807) is 0 Å². The molecule has 1 amide bonds. The fourth-order valence-electron chi connectivity index (χ4n) is 4.45. The highest BCUT2D eigenvalue weighted by Gasteiger charge is 2.50.